The summed E-state index contributed by atoms with van der Waals surface area (Å²) in [6, 6.07) is 4.16. The predicted octanol–water partition coefficient (Wildman–Crippen LogP) is 6.39. The van der Waals surface area contributed by atoms with Gasteiger partial charge in [-0.2, -0.15) is 19.6 Å². The van der Waals surface area contributed by atoms with Gasteiger partial charge in [-0.15, -0.1) is 0 Å². The fourth-order valence-corrected chi connectivity index (χ4v) is 4.78. The van der Waals surface area contributed by atoms with Gasteiger partial charge in [0, 0.05) is 0 Å². The average molecular weight is 629 g/mol. The summed E-state index contributed by atoms with van der Waals surface area (Å²) in [4.78, 5) is 0. The Morgan fingerprint density at radius 3 is 1.07 bits per heavy atom. The molecule has 3 nitrogen and oxygen atoms in total. The van der Waals surface area contributed by atoms with Gasteiger partial charge in [0.25, 0.3) is 0 Å². The molecule has 0 bridgehead atoms. The van der Waals surface area contributed by atoms with Crippen LogP contribution in [0.25, 0.3) is 17.2 Å². The molecule has 158 valence electrons. The number of hydrogen-bond acceptors (Lipinski definition) is 0. The van der Waals surface area contributed by atoms with Crippen LogP contribution in [-0.4, -0.2) is 44.0 Å². The van der Waals surface area contributed by atoms with Gasteiger partial charge in [0.15, 0.2) is 0 Å². The number of halogens is 6. The zero-order valence-corrected chi connectivity index (χ0v) is 21.9. The first-order valence-electron chi connectivity index (χ1n) is 8.26. The zero-order chi connectivity index (χ0) is 21.2. The van der Waals surface area contributed by atoms with Crippen molar-refractivity contribution in [2.75, 3.05) is 19.6 Å². The summed E-state index contributed by atoms with van der Waals surface area (Å²) in [5.74, 6) is 0. The van der Waals surface area contributed by atoms with E-state index in [1.165, 1.54) is 12.1 Å². The first kappa shape index (κ1) is 34.7. The van der Waals surface area contributed by atoms with Gasteiger partial charge in [-0.3, -0.25) is 0 Å². The van der Waals surface area contributed by atoms with Crippen LogP contribution in [0.4, 0.5) is 26.3 Å². The smallest absolute Gasteiger partial charge is 4.00 e. The van der Waals surface area contributed by atoms with Gasteiger partial charge in [0.05, 0.1) is 0 Å². The molecule has 1 rings (SSSR count). The third-order valence-corrected chi connectivity index (χ3v) is 7.38. The van der Waals surface area contributed by atoms with Crippen molar-refractivity contribution in [1.82, 2.24) is 0 Å². The topological polar surface area (TPSA) is 71.4 Å². The summed E-state index contributed by atoms with van der Waals surface area (Å²) in [5.41, 5.74) is 19.4. The number of hydrogen-bond donors (Lipinski definition) is 0. The molecule has 0 saturated carbocycles. The summed E-state index contributed by atoms with van der Waals surface area (Å²) in [6.07, 6.45) is 2.96. The molecule has 0 unspecified atom stereocenters. The molecule has 0 spiro atoms. The van der Waals surface area contributed by atoms with Gasteiger partial charge in [0.2, 0.25) is 0 Å². The van der Waals surface area contributed by atoms with Gasteiger partial charge in [-0.1, -0.05) is 40.0 Å². The van der Waals surface area contributed by atoms with Gasteiger partial charge >= 0.3 is 105 Å². The Labute approximate surface area is 181 Å². The Hall–Kier alpha value is 0.223. The molecule has 0 fully saturated rings. The van der Waals surface area contributed by atoms with Crippen LogP contribution in [0.15, 0.2) is 24.3 Å². The van der Waals surface area contributed by atoms with E-state index < -0.39 is 28.8 Å². The van der Waals surface area contributed by atoms with E-state index in [0.29, 0.717) is 19.6 Å². The fraction of sp³-hybridized carbons (Fsp3) is 0.688. The average Bonchev–Trinajstić information content (AvgIpc) is 3.06. The molecule has 1 aromatic carbocycles. The number of rotatable bonds is 4. The molecular weight excluding hydrogens is 599 g/mol. The molecule has 0 aromatic heterocycles. The molecule has 0 aliphatic rings. The van der Waals surface area contributed by atoms with Crippen molar-refractivity contribution in [3.05, 3.63) is 41.5 Å². The van der Waals surface area contributed by atoms with Crippen molar-refractivity contribution in [2.24, 2.45) is 0 Å². The maximum absolute atomic E-state index is 12.1. The van der Waals surface area contributed by atoms with Gasteiger partial charge < -0.3 is 17.2 Å². The second-order valence-corrected chi connectivity index (χ2v) is 10.9. The fourth-order valence-electron chi connectivity index (χ4n) is 1.14. The normalized spacial score (nSPS) is 10.4. The molecule has 0 radical (unpaired) electrons. The quantitative estimate of drug-likeness (QED) is 0.211. The molecule has 0 aliphatic heterocycles. The van der Waals surface area contributed by atoms with Crippen molar-refractivity contribution in [2.45, 2.75) is 50.1 Å². The van der Waals surface area contributed by atoms with E-state index >= 15 is 0 Å². The van der Waals surface area contributed by atoms with Crippen LogP contribution in [0.2, 0.25) is 0 Å². The Balaban J connectivity index is -0.000000169. The molecule has 0 atom stereocenters. The molecular formula is C16H29F6GeHfN3. The third-order valence-electron chi connectivity index (χ3n) is 2.43. The maximum atomic E-state index is 12.1. The van der Waals surface area contributed by atoms with E-state index in [-0.39, 0.29) is 25.8 Å². The van der Waals surface area contributed by atoms with Crippen molar-refractivity contribution in [3.8, 4) is 0 Å². The van der Waals surface area contributed by atoms with Crippen molar-refractivity contribution >= 4 is 18.7 Å². The van der Waals surface area contributed by atoms with Crippen LogP contribution in [0.1, 0.15) is 40.0 Å². The van der Waals surface area contributed by atoms with Gasteiger partial charge in [-0.05, 0) is 0 Å². The van der Waals surface area contributed by atoms with E-state index in [0.717, 1.165) is 31.4 Å². The SMILES string of the molecule is CCC[NH-].CCC[NH-].CCC[NH-].F[C](F)(F)[GeH]([c-]1cccc1)[C](F)(F)F.[Hf+4]. The second-order valence-electron chi connectivity index (χ2n) is 4.98. The van der Waals surface area contributed by atoms with Crippen molar-refractivity contribution in [3.63, 3.8) is 0 Å². The Kier molecular flexibility index (Phi) is 26.9. The molecule has 0 amide bonds. The Bertz CT molecular complexity index is 357. The van der Waals surface area contributed by atoms with Crippen molar-refractivity contribution < 1.29 is 52.2 Å². The van der Waals surface area contributed by atoms with Crippen LogP contribution in [0.3, 0.4) is 0 Å². The standard InChI is InChI=1S/C7H5F6Ge.3C3H8N.Hf/c8-6(9,10)14(7(11,12)13)5-3-1-2-4-5;3*1-2-3-4;/h1-4,14H;3*4H,2-3H2,1H3;/q4*-1;+4. The summed E-state index contributed by atoms with van der Waals surface area (Å²) >= 11 is -5.46. The molecule has 1 aromatic rings. The van der Waals surface area contributed by atoms with Gasteiger partial charge in [-0.25, -0.2) is 0 Å². The van der Waals surface area contributed by atoms with E-state index in [1.807, 2.05) is 20.8 Å². The third kappa shape index (κ3) is 22.4. The minimum atomic E-state index is -5.46. The minimum absolute atomic E-state index is 0. The van der Waals surface area contributed by atoms with E-state index in [1.54, 1.807) is 0 Å². The predicted molar refractivity (Wildman–Crippen MR) is 99.4 cm³/mol. The summed E-state index contributed by atoms with van der Waals surface area (Å²) in [7, 11) is 0. The van der Waals surface area contributed by atoms with E-state index in [9.17, 15) is 26.3 Å². The van der Waals surface area contributed by atoms with Crippen LogP contribution >= 0.6 is 0 Å². The molecule has 11 heteroatoms. The maximum Gasteiger partial charge on any atom is 4.00 e. The molecule has 0 heterocycles. The summed E-state index contributed by atoms with van der Waals surface area (Å²) in [5, 5.41) is -10.2. The van der Waals surface area contributed by atoms with Crippen molar-refractivity contribution in [1.29, 1.82) is 0 Å². The monoisotopic (exact) mass is 631 g/mol. The molecule has 0 aliphatic carbocycles. The minimum Gasteiger partial charge on any atom is 4.00 e. The Morgan fingerprint density at radius 1 is 0.704 bits per heavy atom. The van der Waals surface area contributed by atoms with Crippen LogP contribution < -0.4 is 4.40 Å². The second kappa shape index (κ2) is 20.9. The summed E-state index contributed by atoms with van der Waals surface area (Å²) in [6.45, 7) is 7.69. The Morgan fingerprint density at radius 2 is 0.926 bits per heavy atom. The first-order chi connectivity index (χ1) is 12.0. The molecule has 27 heavy (non-hydrogen) atoms. The zero-order valence-electron chi connectivity index (χ0n) is 15.9. The van der Waals surface area contributed by atoms with Gasteiger partial charge in [0.1, 0.15) is 0 Å². The molecule has 0 saturated heterocycles. The summed E-state index contributed by atoms with van der Waals surface area (Å²) < 4.78 is 72.3. The largest absolute Gasteiger partial charge is 4.00 e. The number of nitrogens with one attached hydrogen (secondary N) is 3. The van der Waals surface area contributed by atoms with Crippen LogP contribution in [0.5, 0.6) is 0 Å². The van der Waals surface area contributed by atoms with Crippen LogP contribution in [-0.2, 0) is 25.8 Å². The first-order valence-corrected chi connectivity index (χ1v) is 11.9. The molecule has 3 N–H and O–H groups in total. The number of alkyl halides is 6. The van der Waals surface area contributed by atoms with Crippen LogP contribution in [0, 0.1) is 0 Å². The van der Waals surface area contributed by atoms with E-state index in [2.05, 4.69) is 0 Å². The van der Waals surface area contributed by atoms with E-state index in [4.69, 9.17) is 17.2 Å².